The van der Waals surface area contributed by atoms with Crippen LogP contribution in [0.1, 0.15) is 5.56 Å². The van der Waals surface area contributed by atoms with E-state index < -0.39 is 20.0 Å². The number of nitrogens with one attached hydrogen (secondary N) is 3. The zero-order valence-corrected chi connectivity index (χ0v) is 17.2. The lowest BCUT2D eigenvalue weighted by atomic mass is 10.1. The van der Waals surface area contributed by atoms with Crippen LogP contribution in [0.2, 0.25) is 5.02 Å². The highest BCUT2D eigenvalue weighted by molar-refractivity contribution is 7.92. The van der Waals surface area contributed by atoms with Crippen molar-refractivity contribution in [2.75, 3.05) is 17.8 Å². The van der Waals surface area contributed by atoms with E-state index in [0.29, 0.717) is 16.5 Å². The summed E-state index contributed by atoms with van der Waals surface area (Å²) in [6, 6.07) is 9.64. The number of nitrogens with two attached hydrogens (primary N) is 1. The number of nitriles is 1. The van der Waals surface area contributed by atoms with E-state index in [0.717, 1.165) is 0 Å². The number of hydrogen-bond donors (Lipinski definition) is 4. The Hall–Kier alpha value is -2.62. The first-order valence-electron chi connectivity index (χ1n) is 8.22. The average Bonchev–Trinajstić information content (AvgIpc) is 3.09. The molecule has 3 rings (SSSR count). The molecule has 0 fully saturated rings. The summed E-state index contributed by atoms with van der Waals surface area (Å²) in [5.74, 6) is 0. The van der Waals surface area contributed by atoms with Gasteiger partial charge in [-0.2, -0.15) is 5.26 Å². The fraction of sp³-hybridized carbons (Fsp3) is 0.118. The molecule has 5 N–H and O–H groups in total. The fourth-order valence-electron chi connectivity index (χ4n) is 2.66. The van der Waals surface area contributed by atoms with Gasteiger partial charge < -0.3 is 10.7 Å². The monoisotopic (exact) mass is 453 g/mol. The first kappa shape index (κ1) is 21.1. The van der Waals surface area contributed by atoms with Gasteiger partial charge in [0.15, 0.2) is 0 Å². The summed E-state index contributed by atoms with van der Waals surface area (Å²) in [7, 11) is -7.80. The van der Waals surface area contributed by atoms with Crippen molar-refractivity contribution in [3.8, 4) is 6.07 Å². The number of anilines is 1. The zero-order chi connectivity index (χ0) is 21.2. The van der Waals surface area contributed by atoms with E-state index in [1.165, 1.54) is 42.6 Å². The quantitative estimate of drug-likeness (QED) is 0.426. The van der Waals surface area contributed by atoms with Crippen LogP contribution in [0.25, 0.3) is 10.9 Å². The number of halogens is 1. The third kappa shape index (κ3) is 4.21. The largest absolute Gasteiger partial charge is 0.358 e. The minimum absolute atomic E-state index is 0.0668. The minimum atomic E-state index is -4.03. The molecular weight excluding hydrogens is 438 g/mol. The van der Waals surface area contributed by atoms with Crippen LogP contribution in [0, 0.1) is 11.3 Å². The maximum absolute atomic E-state index is 12.7. The third-order valence-electron chi connectivity index (χ3n) is 4.03. The molecule has 0 aliphatic rings. The number of aromatic amines is 1. The highest BCUT2D eigenvalue weighted by Crippen LogP contribution is 2.32. The summed E-state index contributed by atoms with van der Waals surface area (Å²) in [5.41, 5.74) is 6.15. The van der Waals surface area contributed by atoms with E-state index in [1.54, 1.807) is 0 Å². The van der Waals surface area contributed by atoms with Crippen LogP contribution in [-0.4, -0.2) is 34.9 Å². The van der Waals surface area contributed by atoms with Crippen LogP contribution in [0.4, 0.5) is 5.69 Å². The van der Waals surface area contributed by atoms with E-state index in [-0.39, 0.29) is 33.6 Å². The van der Waals surface area contributed by atoms with Gasteiger partial charge in [-0.1, -0.05) is 11.6 Å². The molecule has 3 aromatic rings. The predicted molar refractivity (Wildman–Crippen MR) is 110 cm³/mol. The molecule has 0 bridgehead atoms. The van der Waals surface area contributed by atoms with Crippen LogP contribution < -0.4 is 15.2 Å². The van der Waals surface area contributed by atoms with Crippen LogP contribution in [0.15, 0.2) is 52.4 Å². The molecule has 0 saturated heterocycles. The van der Waals surface area contributed by atoms with Crippen molar-refractivity contribution in [3.05, 3.63) is 53.2 Å². The summed E-state index contributed by atoms with van der Waals surface area (Å²) in [5, 5.41) is 9.90. The summed E-state index contributed by atoms with van der Waals surface area (Å²) in [6.07, 6.45) is 1.46. The Balaban J connectivity index is 1.93. The Morgan fingerprint density at radius 3 is 2.24 bits per heavy atom. The van der Waals surface area contributed by atoms with Crippen molar-refractivity contribution in [2.24, 2.45) is 5.73 Å². The normalized spacial score (nSPS) is 12.0. The molecule has 152 valence electrons. The van der Waals surface area contributed by atoms with Gasteiger partial charge in [-0.3, -0.25) is 4.72 Å². The van der Waals surface area contributed by atoms with Gasteiger partial charge in [-0.05, 0) is 36.4 Å². The summed E-state index contributed by atoms with van der Waals surface area (Å²) >= 11 is 6.08. The van der Waals surface area contributed by atoms with Gasteiger partial charge in [0.05, 0.1) is 37.7 Å². The zero-order valence-electron chi connectivity index (χ0n) is 14.8. The molecule has 12 heteroatoms. The van der Waals surface area contributed by atoms with E-state index in [2.05, 4.69) is 14.4 Å². The lowest BCUT2D eigenvalue weighted by Gasteiger charge is -2.11. The predicted octanol–water partition coefficient (Wildman–Crippen LogP) is 1.73. The molecule has 1 aromatic heterocycles. The van der Waals surface area contributed by atoms with Gasteiger partial charge in [-0.15, -0.1) is 0 Å². The highest BCUT2D eigenvalue weighted by atomic mass is 35.5. The number of benzene rings is 2. The summed E-state index contributed by atoms with van der Waals surface area (Å²) < 4.78 is 54.3. The maximum atomic E-state index is 12.7. The number of fused-ring (bicyclic) bond motifs is 1. The summed E-state index contributed by atoms with van der Waals surface area (Å²) in [6.45, 7) is 0.203. The lowest BCUT2D eigenvalue weighted by Crippen LogP contribution is -2.29. The number of H-pyrrole nitrogens is 1. The smallest absolute Gasteiger partial charge is 0.261 e. The second kappa shape index (κ2) is 8.02. The van der Waals surface area contributed by atoms with Crippen molar-refractivity contribution in [1.29, 1.82) is 5.26 Å². The standard InChI is InChI=1S/C17H16ClN5O4S2/c18-14-10-21-17-15(6-1-11(9-20)16(14)17)23-29(26,27)13-4-2-12(3-5-13)28(24,25)22-8-7-19/h1-6,10,21-23H,7-8,19H2. The van der Waals surface area contributed by atoms with Crippen molar-refractivity contribution in [1.82, 2.24) is 9.71 Å². The Morgan fingerprint density at radius 2 is 1.66 bits per heavy atom. The van der Waals surface area contributed by atoms with Crippen LogP contribution in [0.3, 0.4) is 0 Å². The minimum Gasteiger partial charge on any atom is -0.358 e. The van der Waals surface area contributed by atoms with Crippen molar-refractivity contribution in [2.45, 2.75) is 9.79 Å². The molecule has 0 radical (unpaired) electrons. The number of nitrogens with zero attached hydrogens (tertiary/aromatic N) is 1. The van der Waals surface area contributed by atoms with E-state index in [9.17, 15) is 22.1 Å². The number of aromatic nitrogens is 1. The van der Waals surface area contributed by atoms with Gasteiger partial charge in [0.25, 0.3) is 10.0 Å². The van der Waals surface area contributed by atoms with Gasteiger partial charge in [0, 0.05) is 24.7 Å². The Labute approximate surface area is 172 Å². The molecule has 29 heavy (non-hydrogen) atoms. The molecule has 0 atom stereocenters. The number of hydrogen-bond acceptors (Lipinski definition) is 6. The first-order chi connectivity index (χ1) is 13.7. The molecule has 0 amide bonds. The van der Waals surface area contributed by atoms with Crippen molar-refractivity contribution in [3.63, 3.8) is 0 Å². The van der Waals surface area contributed by atoms with Gasteiger partial charge in [-0.25, -0.2) is 21.6 Å². The van der Waals surface area contributed by atoms with Crippen LogP contribution in [-0.2, 0) is 20.0 Å². The average molecular weight is 454 g/mol. The topological polar surface area (TPSA) is 158 Å². The molecule has 2 aromatic carbocycles. The Morgan fingerprint density at radius 1 is 1.03 bits per heavy atom. The second-order valence-corrected chi connectivity index (χ2v) is 9.78. The molecule has 0 spiro atoms. The molecule has 0 unspecified atom stereocenters. The van der Waals surface area contributed by atoms with Crippen LogP contribution >= 0.6 is 11.6 Å². The van der Waals surface area contributed by atoms with Crippen molar-refractivity contribution < 1.29 is 16.8 Å². The van der Waals surface area contributed by atoms with E-state index in [1.807, 2.05) is 6.07 Å². The SMILES string of the molecule is N#Cc1ccc(NS(=O)(=O)c2ccc(S(=O)(=O)NCCN)cc2)c2[nH]cc(Cl)c12. The highest BCUT2D eigenvalue weighted by Gasteiger charge is 2.20. The van der Waals surface area contributed by atoms with Crippen molar-refractivity contribution >= 4 is 48.2 Å². The fourth-order valence-corrected chi connectivity index (χ4v) is 5.04. The Bertz CT molecular complexity index is 1310. The first-order valence-corrected chi connectivity index (χ1v) is 11.6. The Kier molecular flexibility index (Phi) is 5.83. The molecule has 0 aliphatic heterocycles. The van der Waals surface area contributed by atoms with Crippen LogP contribution in [0.5, 0.6) is 0 Å². The molecule has 0 aliphatic carbocycles. The summed E-state index contributed by atoms with van der Waals surface area (Å²) in [4.78, 5) is 2.63. The van der Waals surface area contributed by atoms with E-state index >= 15 is 0 Å². The van der Waals surface area contributed by atoms with Gasteiger partial charge >= 0.3 is 0 Å². The second-order valence-electron chi connectivity index (χ2n) is 5.92. The third-order valence-corrected chi connectivity index (χ3v) is 7.19. The maximum Gasteiger partial charge on any atom is 0.261 e. The van der Waals surface area contributed by atoms with Gasteiger partial charge in [0.2, 0.25) is 10.0 Å². The lowest BCUT2D eigenvalue weighted by molar-refractivity contribution is 0.581. The molecule has 9 nitrogen and oxygen atoms in total. The molecule has 1 heterocycles. The molecular formula is C17H16ClN5O4S2. The van der Waals surface area contributed by atoms with E-state index in [4.69, 9.17) is 17.3 Å². The number of sulfonamides is 2. The number of rotatable bonds is 7. The van der Waals surface area contributed by atoms with Gasteiger partial charge in [0.1, 0.15) is 0 Å². The molecule has 0 saturated carbocycles.